The van der Waals surface area contributed by atoms with Gasteiger partial charge in [0.15, 0.2) is 12.4 Å². The van der Waals surface area contributed by atoms with Crippen molar-refractivity contribution in [2.45, 2.75) is 21.6 Å². The minimum absolute atomic E-state index is 0.0127. The Morgan fingerprint density at radius 2 is 1.62 bits per heavy atom. The van der Waals surface area contributed by atoms with Gasteiger partial charge in [0.1, 0.15) is 0 Å². The smallest absolute Gasteiger partial charge is 0.338 e. The summed E-state index contributed by atoms with van der Waals surface area (Å²) < 4.78 is 57.1. The molecule has 3 aromatic rings. The van der Waals surface area contributed by atoms with Gasteiger partial charge in [0.05, 0.1) is 20.2 Å². The first kappa shape index (κ1) is 26.2. The van der Waals surface area contributed by atoms with E-state index in [4.69, 9.17) is 4.74 Å². The van der Waals surface area contributed by atoms with E-state index in [1.165, 1.54) is 62.6 Å². The molecule has 10 nitrogen and oxygen atoms in total. The van der Waals surface area contributed by atoms with E-state index in [2.05, 4.69) is 5.32 Å². The van der Waals surface area contributed by atoms with Crippen LogP contribution in [0.1, 0.15) is 31.8 Å². The molecule has 0 aliphatic carbocycles. The molecule has 0 spiro atoms. The minimum atomic E-state index is -4.05. The van der Waals surface area contributed by atoms with Crippen LogP contribution in [0, 0.1) is 6.92 Å². The molecule has 0 fully saturated rings. The third kappa shape index (κ3) is 4.78. The summed E-state index contributed by atoms with van der Waals surface area (Å²) in [6.07, 6.45) is 0. The number of fused-ring (bicyclic) bond motifs is 2. The van der Waals surface area contributed by atoms with Gasteiger partial charge < -0.3 is 10.1 Å². The molecular weight excluding hydrogens is 520 g/mol. The molecule has 1 amide bonds. The van der Waals surface area contributed by atoms with Crippen molar-refractivity contribution in [1.82, 2.24) is 4.31 Å². The average Bonchev–Trinajstić information content (AvgIpc) is 2.86. The molecule has 0 saturated heterocycles. The highest BCUT2D eigenvalue weighted by molar-refractivity contribution is 7.91. The summed E-state index contributed by atoms with van der Waals surface area (Å²) in [6.45, 7) is 0.906. The number of ether oxygens (including phenoxy) is 1. The number of carbonyl (C=O) groups excluding carboxylic acids is 3. The van der Waals surface area contributed by atoms with Gasteiger partial charge in [0.25, 0.3) is 5.91 Å². The molecule has 192 valence electrons. The van der Waals surface area contributed by atoms with E-state index in [0.29, 0.717) is 5.56 Å². The molecular formula is C25H22N2O8S2. The predicted molar refractivity (Wildman–Crippen MR) is 133 cm³/mol. The van der Waals surface area contributed by atoms with Crippen LogP contribution in [0.25, 0.3) is 0 Å². The van der Waals surface area contributed by atoms with Gasteiger partial charge in [-0.1, -0.05) is 18.2 Å². The van der Waals surface area contributed by atoms with Gasteiger partial charge in [0.2, 0.25) is 19.9 Å². The standard InChI is InChI=1S/C25H22N2O8S2/c1-15-8-10-17(13-21(15)37(33,34)27(2)3)26-23(28)14-35-25(30)16-9-11-19-22(12-16)36(31,32)20-7-5-4-6-18(20)24(19)29/h4-13H,14H2,1-3H3,(H,26,28). The SMILES string of the molecule is Cc1ccc(NC(=O)COC(=O)c2ccc3c(c2)S(=O)(=O)c2ccccc2C3=O)cc1S(=O)(=O)N(C)C. The molecule has 1 heterocycles. The van der Waals surface area contributed by atoms with Crippen molar-refractivity contribution in [2.75, 3.05) is 26.0 Å². The van der Waals surface area contributed by atoms with Gasteiger partial charge in [-0.3, -0.25) is 9.59 Å². The lowest BCUT2D eigenvalue weighted by atomic mass is 10.0. The summed E-state index contributed by atoms with van der Waals surface area (Å²) in [7, 11) is -5.01. The third-order valence-electron chi connectivity index (χ3n) is 5.74. The van der Waals surface area contributed by atoms with Crippen LogP contribution in [0.5, 0.6) is 0 Å². The van der Waals surface area contributed by atoms with Crippen molar-refractivity contribution in [1.29, 1.82) is 0 Å². The zero-order chi connectivity index (χ0) is 27.1. The molecule has 3 aromatic carbocycles. The van der Waals surface area contributed by atoms with Gasteiger partial charge >= 0.3 is 5.97 Å². The van der Waals surface area contributed by atoms with Gasteiger partial charge in [0, 0.05) is 30.9 Å². The first-order chi connectivity index (χ1) is 17.3. The number of sulfonamides is 1. The van der Waals surface area contributed by atoms with Crippen LogP contribution in [0.15, 0.2) is 75.4 Å². The topological polar surface area (TPSA) is 144 Å². The number of ketones is 1. The van der Waals surface area contributed by atoms with Gasteiger partial charge in [-0.05, 0) is 55.0 Å². The number of carbonyl (C=O) groups is 3. The Balaban J connectivity index is 1.49. The van der Waals surface area contributed by atoms with E-state index >= 15 is 0 Å². The number of anilines is 1. The van der Waals surface area contributed by atoms with Gasteiger partial charge in [-0.25, -0.2) is 25.9 Å². The second-order valence-corrected chi connectivity index (χ2v) is 12.4. The Labute approximate surface area is 213 Å². The van der Waals surface area contributed by atoms with Crippen LogP contribution in [0.2, 0.25) is 0 Å². The van der Waals surface area contributed by atoms with Crippen molar-refractivity contribution < 1.29 is 36.0 Å². The molecule has 0 unspecified atom stereocenters. The number of nitrogens with one attached hydrogen (secondary N) is 1. The maximum absolute atomic E-state index is 13.0. The summed E-state index contributed by atoms with van der Waals surface area (Å²) in [5.74, 6) is -2.19. The summed E-state index contributed by atoms with van der Waals surface area (Å²) in [5, 5.41) is 2.47. The van der Waals surface area contributed by atoms with E-state index in [1.54, 1.807) is 13.0 Å². The van der Waals surface area contributed by atoms with Crippen LogP contribution in [0.4, 0.5) is 5.69 Å². The largest absolute Gasteiger partial charge is 0.452 e. The van der Waals surface area contributed by atoms with Crippen LogP contribution >= 0.6 is 0 Å². The minimum Gasteiger partial charge on any atom is -0.452 e. The number of aryl methyl sites for hydroxylation is 1. The first-order valence-electron chi connectivity index (χ1n) is 10.9. The Morgan fingerprint density at radius 1 is 0.946 bits per heavy atom. The average molecular weight is 543 g/mol. The molecule has 1 N–H and O–H groups in total. The highest BCUT2D eigenvalue weighted by Crippen LogP contribution is 2.34. The monoisotopic (exact) mass is 542 g/mol. The van der Waals surface area contributed by atoms with Crippen LogP contribution in [0.3, 0.4) is 0 Å². The number of benzene rings is 3. The molecule has 0 radical (unpaired) electrons. The highest BCUT2D eigenvalue weighted by atomic mass is 32.2. The quantitative estimate of drug-likeness (QED) is 0.366. The summed E-state index contributed by atoms with van der Waals surface area (Å²) in [5.41, 5.74) is 0.512. The van der Waals surface area contributed by atoms with Crippen LogP contribution < -0.4 is 5.32 Å². The zero-order valence-corrected chi connectivity index (χ0v) is 21.6. The fourth-order valence-corrected chi connectivity index (χ4v) is 6.60. The number of hydrogen-bond donors (Lipinski definition) is 1. The van der Waals surface area contributed by atoms with Crippen LogP contribution in [-0.2, 0) is 29.4 Å². The molecule has 37 heavy (non-hydrogen) atoms. The predicted octanol–water partition coefficient (Wildman–Crippen LogP) is 2.42. The second-order valence-electron chi connectivity index (χ2n) is 8.43. The van der Waals surface area contributed by atoms with E-state index in [9.17, 15) is 31.2 Å². The normalized spacial score (nSPS) is 14.0. The molecule has 12 heteroatoms. The van der Waals surface area contributed by atoms with Crippen molar-refractivity contribution in [3.63, 3.8) is 0 Å². The Morgan fingerprint density at radius 3 is 2.32 bits per heavy atom. The van der Waals surface area contributed by atoms with E-state index < -0.39 is 44.1 Å². The number of hydrogen-bond acceptors (Lipinski definition) is 8. The maximum atomic E-state index is 13.0. The fourth-order valence-electron chi connectivity index (χ4n) is 3.78. The maximum Gasteiger partial charge on any atom is 0.338 e. The van der Waals surface area contributed by atoms with Crippen molar-refractivity contribution >= 4 is 43.2 Å². The molecule has 4 rings (SSSR count). The molecule has 0 saturated carbocycles. The molecule has 0 atom stereocenters. The zero-order valence-electron chi connectivity index (χ0n) is 20.0. The van der Waals surface area contributed by atoms with E-state index in [1.807, 2.05) is 0 Å². The summed E-state index contributed by atoms with van der Waals surface area (Å²) in [4.78, 5) is 37.2. The van der Waals surface area contributed by atoms with Crippen molar-refractivity contribution in [3.05, 3.63) is 82.9 Å². The van der Waals surface area contributed by atoms with Gasteiger partial charge in [-0.2, -0.15) is 0 Å². The Kier molecular flexibility index (Phi) is 6.76. The number of esters is 1. The summed E-state index contributed by atoms with van der Waals surface area (Å²) in [6, 6.07) is 13.7. The number of sulfone groups is 1. The number of nitrogens with zero attached hydrogens (tertiary/aromatic N) is 1. The fraction of sp³-hybridized carbons (Fsp3) is 0.160. The van der Waals surface area contributed by atoms with Gasteiger partial charge in [-0.15, -0.1) is 0 Å². The molecule has 1 aliphatic heterocycles. The summed E-state index contributed by atoms with van der Waals surface area (Å²) >= 11 is 0. The third-order valence-corrected chi connectivity index (χ3v) is 9.55. The lowest BCUT2D eigenvalue weighted by molar-refractivity contribution is -0.119. The second kappa shape index (κ2) is 9.54. The van der Waals surface area contributed by atoms with E-state index in [0.717, 1.165) is 10.4 Å². The lowest BCUT2D eigenvalue weighted by Crippen LogP contribution is -2.24. The number of amides is 1. The highest BCUT2D eigenvalue weighted by Gasteiger charge is 2.35. The lowest BCUT2D eigenvalue weighted by Gasteiger charge is -2.19. The van der Waals surface area contributed by atoms with Crippen molar-refractivity contribution in [2.24, 2.45) is 0 Å². The van der Waals surface area contributed by atoms with Crippen LogP contribution in [-0.4, -0.2) is 59.5 Å². The Hall–Kier alpha value is -3.87. The first-order valence-corrected chi connectivity index (χ1v) is 13.8. The molecule has 0 aromatic heterocycles. The van der Waals surface area contributed by atoms with Crippen molar-refractivity contribution in [3.8, 4) is 0 Å². The molecule has 1 aliphatic rings. The Bertz CT molecular complexity index is 1680. The molecule has 0 bridgehead atoms. The van der Waals surface area contributed by atoms with E-state index in [-0.39, 0.29) is 37.1 Å². The number of rotatable bonds is 6.